The molecule has 0 bridgehead atoms. The highest BCUT2D eigenvalue weighted by Gasteiger charge is 2.66. The first kappa shape index (κ1) is 22.7. The minimum Gasteiger partial charge on any atom is -0.424 e. The van der Waals surface area contributed by atoms with Crippen LogP contribution in [0.1, 0.15) is 48.2 Å². The smallest absolute Gasteiger partial charge is 0.424 e. The number of hydrogen-bond donors (Lipinski definition) is 1. The number of rotatable bonds is 4. The Balaban J connectivity index is 1.90. The lowest BCUT2D eigenvalue weighted by molar-refractivity contribution is -0.318. The molecule has 6 nitrogen and oxygen atoms in total. The van der Waals surface area contributed by atoms with Gasteiger partial charge in [-0.2, -0.15) is 13.2 Å². The number of benzene rings is 2. The van der Waals surface area contributed by atoms with E-state index in [1.807, 2.05) is 0 Å². The molecule has 2 aromatic carbocycles. The molecule has 1 aliphatic rings. The molecule has 0 saturated heterocycles. The summed E-state index contributed by atoms with van der Waals surface area (Å²) in [6.45, 7) is 6.61. The van der Waals surface area contributed by atoms with E-state index in [0.29, 0.717) is 16.7 Å². The number of ether oxygens (including phenoxy) is 3. The van der Waals surface area contributed by atoms with E-state index in [1.54, 1.807) is 32.2 Å². The number of fused-ring (bicyclic) bond motifs is 1. The SMILES string of the molecule is CC(=O)c1cc(C(C)C)c(OC(=O)NC2(C(F)(F)F)Oc3ccc(Cl)cc3O2)cc1C. The molecule has 1 heterocycles. The Bertz CT molecular complexity index is 1050. The van der Waals surface area contributed by atoms with Gasteiger partial charge in [0.2, 0.25) is 0 Å². The van der Waals surface area contributed by atoms with Crippen LogP contribution in [0.25, 0.3) is 0 Å². The molecule has 1 amide bonds. The molecular weight excluding hydrogens is 439 g/mol. The van der Waals surface area contributed by atoms with Crippen molar-refractivity contribution in [3.8, 4) is 17.2 Å². The average molecular weight is 458 g/mol. The van der Waals surface area contributed by atoms with Gasteiger partial charge in [-0.25, -0.2) is 10.1 Å². The van der Waals surface area contributed by atoms with Crippen molar-refractivity contribution < 1.29 is 37.0 Å². The Morgan fingerprint density at radius 3 is 2.35 bits per heavy atom. The lowest BCUT2D eigenvalue weighted by Crippen LogP contribution is -2.65. The second-order valence-electron chi connectivity index (χ2n) is 7.34. The van der Waals surface area contributed by atoms with Crippen molar-refractivity contribution >= 4 is 23.5 Å². The maximum absolute atomic E-state index is 13.8. The third kappa shape index (κ3) is 4.41. The van der Waals surface area contributed by atoms with Crippen LogP contribution < -0.4 is 19.5 Å². The van der Waals surface area contributed by atoms with E-state index in [-0.39, 0.29) is 34.0 Å². The Morgan fingerprint density at radius 2 is 1.77 bits per heavy atom. The molecular formula is C21H19ClF3NO5. The molecule has 1 N–H and O–H groups in total. The molecule has 0 fully saturated rings. The Hall–Kier alpha value is -2.94. The normalized spacial score (nSPS) is 17.6. The maximum atomic E-state index is 13.8. The second kappa shape index (κ2) is 7.96. The summed E-state index contributed by atoms with van der Waals surface area (Å²) < 4.78 is 56.4. The van der Waals surface area contributed by atoms with Crippen LogP contribution in [0.5, 0.6) is 17.2 Å². The molecule has 0 saturated carbocycles. The Kier molecular flexibility index (Phi) is 5.84. The van der Waals surface area contributed by atoms with Gasteiger partial charge >= 0.3 is 18.2 Å². The summed E-state index contributed by atoms with van der Waals surface area (Å²) >= 11 is 5.79. The molecule has 31 heavy (non-hydrogen) atoms. The van der Waals surface area contributed by atoms with Crippen LogP contribution in [0, 0.1) is 6.92 Å². The molecule has 0 aromatic heterocycles. The summed E-state index contributed by atoms with van der Waals surface area (Å²) in [6, 6.07) is 6.64. The predicted octanol–water partition coefficient (Wildman–Crippen LogP) is 5.75. The molecule has 1 unspecified atom stereocenters. The van der Waals surface area contributed by atoms with Crippen LogP contribution in [-0.2, 0) is 0 Å². The first-order valence-electron chi connectivity index (χ1n) is 9.23. The van der Waals surface area contributed by atoms with E-state index in [2.05, 4.69) is 0 Å². The zero-order valence-corrected chi connectivity index (χ0v) is 17.8. The minimum atomic E-state index is -5.15. The van der Waals surface area contributed by atoms with Gasteiger partial charge in [-0.15, -0.1) is 0 Å². The fourth-order valence-corrected chi connectivity index (χ4v) is 3.25. The lowest BCUT2D eigenvalue weighted by Gasteiger charge is -2.29. The number of carbonyl (C=O) groups is 2. The molecule has 0 spiro atoms. The Morgan fingerprint density at radius 1 is 1.13 bits per heavy atom. The third-order valence-corrected chi connectivity index (χ3v) is 4.85. The first-order valence-corrected chi connectivity index (χ1v) is 9.60. The van der Waals surface area contributed by atoms with Crippen molar-refractivity contribution in [2.75, 3.05) is 0 Å². The van der Waals surface area contributed by atoms with Crippen molar-refractivity contribution in [3.63, 3.8) is 0 Å². The van der Waals surface area contributed by atoms with E-state index in [1.165, 1.54) is 25.1 Å². The fourth-order valence-electron chi connectivity index (χ4n) is 3.09. The molecule has 0 aliphatic carbocycles. The van der Waals surface area contributed by atoms with Crippen LogP contribution in [-0.4, -0.2) is 24.0 Å². The highest BCUT2D eigenvalue weighted by Crippen LogP contribution is 2.46. The van der Waals surface area contributed by atoms with Gasteiger partial charge in [-0.05, 0) is 55.2 Å². The third-order valence-electron chi connectivity index (χ3n) is 4.61. The number of Topliss-reactive ketones (excluding diaryl/α,β-unsaturated/α-hetero) is 1. The Labute approximate surface area is 181 Å². The highest BCUT2D eigenvalue weighted by molar-refractivity contribution is 6.30. The van der Waals surface area contributed by atoms with Crippen LogP contribution >= 0.6 is 11.6 Å². The maximum Gasteiger partial charge on any atom is 0.492 e. The topological polar surface area (TPSA) is 73.9 Å². The number of hydrogen-bond acceptors (Lipinski definition) is 5. The predicted molar refractivity (Wildman–Crippen MR) is 106 cm³/mol. The summed E-state index contributed by atoms with van der Waals surface area (Å²) in [5.74, 6) is -4.35. The van der Waals surface area contributed by atoms with Gasteiger partial charge in [0.25, 0.3) is 0 Å². The van der Waals surface area contributed by atoms with Crippen molar-refractivity contribution in [2.45, 2.75) is 45.7 Å². The van der Waals surface area contributed by atoms with Gasteiger partial charge in [0.15, 0.2) is 17.3 Å². The van der Waals surface area contributed by atoms with Gasteiger partial charge in [0.1, 0.15) is 5.75 Å². The molecule has 0 radical (unpaired) electrons. The molecule has 166 valence electrons. The largest absolute Gasteiger partial charge is 0.492 e. The second-order valence-corrected chi connectivity index (χ2v) is 7.78. The van der Waals surface area contributed by atoms with E-state index in [0.717, 1.165) is 6.07 Å². The van der Waals surface area contributed by atoms with Gasteiger partial charge in [-0.3, -0.25) is 4.79 Å². The van der Waals surface area contributed by atoms with Gasteiger partial charge in [-0.1, -0.05) is 25.4 Å². The number of halogens is 4. The fraction of sp³-hybridized carbons (Fsp3) is 0.333. The van der Waals surface area contributed by atoms with Gasteiger partial charge < -0.3 is 14.2 Å². The molecule has 2 aromatic rings. The number of carbonyl (C=O) groups excluding carboxylic acids is 2. The van der Waals surface area contributed by atoms with Gasteiger partial charge in [0, 0.05) is 16.7 Å². The summed E-state index contributed by atoms with van der Waals surface area (Å²) in [7, 11) is 0. The van der Waals surface area contributed by atoms with Crippen molar-refractivity contribution in [1.82, 2.24) is 5.32 Å². The summed E-state index contributed by atoms with van der Waals surface area (Å²) in [4.78, 5) is 24.3. The number of amides is 1. The minimum absolute atomic E-state index is 0.0193. The molecule has 3 rings (SSSR count). The van der Waals surface area contributed by atoms with Crippen LogP contribution in [0.2, 0.25) is 5.02 Å². The molecule has 1 aliphatic heterocycles. The van der Waals surface area contributed by atoms with E-state index in [4.69, 9.17) is 25.8 Å². The molecule has 10 heteroatoms. The van der Waals surface area contributed by atoms with Crippen LogP contribution in [0.3, 0.4) is 0 Å². The number of ketones is 1. The van der Waals surface area contributed by atoms with Gasteiger partial charge in [0.05, 0.1) is 0 Å². The monoisotopic (exact) mass is 457 g/mol. The summed E-state index contributed by atoms with van der Waals surface area (Å²) in [6.07, 6.45) is -6.60. The van der Waals surface area contributed by atoms with Crippen LogP contribution in [0.4, 0.5) is 18.0 Å². The standard InChI is InChI=1S/C21H19ClF3NO5/c1-10(2)14-9-15(12(4)27)11(3)7-17(14)29-19(28)26-21(20(23,24)25)30-16-6-5-13(22)8-18(16)31-21/h5-10H,1-4H3,(H,26,28). The number of aryl methyl sites for hydroxylation is 1. The summed E-state index contributed by atoms with van der Waals surface area (Å²) in [5, 5.41) is 1.76. The number of alkyl halides is 3. The summed E-state index contributed by atoms with van der Waals surface area (Å²) in [5.41, 5.74) is 1.42. The zero-order valence-electron chi connectivity index (χ0n) is 17.0. The number of nitrogens with one attached hydrogen (secondary N) is 1. The van der Waals surface area contributed by atoms with Crippen molar-refractivity contribution in [1.29, 1.82) is 0 Å². The van der Waals surface area contributed by atoms with Crippen LogP contribution in [0.15, 0.2) is 30.3 Å². The van der Waals surface area contributed by atoms with Crippen molar-refractivity contribution in [3.05, 3.63) is 52.0 Å². The van der Waals surface area contributed by atoms with Crippen molar-refractivity contribution in [2.24, 2.45) is 0 Å². The quantitative estimate of drug-likeness (QED) is 0.592. The van der Waals surface area contributed by atoms with E-state index < -0.39 is 18.2 Å². The zero-order chi connectivity index (χ0) is 23.1. The average Bonchev–Trinajstić information content (AvgIpc) is 2.99. The first-order chi connectivity index (χ1) is 14.3. The molecule has 1 atom stereocenters. The van der Waals surface area contributed by atoms with E-state index >= 15 is 0 Å². The van der Waals surface area contributed by atoms with E-state index in [9.17, 15) is 22.8 Å². The lowest BCUT2D eigenvalue weighted by atomic mass is 9.95. The highest BCUT2D eigenvalue weighted by atomic mass is 35.5.